The largest absolute Gasteiger partial charge is 0.465 e. The summed E-state index contributed by atoms with van der Waals surface area (Å²) in [5, 5.41) is 11.0. The molecular weight excluding hydrogens is 350 g/mol. The van der Waals surface area contributed by atoms with Crippen LogP contribution in [0.4, 0.5) is 14.5 Å². The fourth-order valence-electron chi connectivity index (χ4n) is 2.27. The maximum absolute atomic E-state index is 13.7. The fraction of sp³-hybridized carbons (Fsp3) is 0.176. The van der Waals surface area contributed by atoms with E-state index in [2.05, 4.69) is 4.74 Å². The molecule has 7 nitrogen and oxygen atoms in total. The first-order valence-corrected chi connectivity index (χ1v) is 7.30. The van der Waals surface area contributed by atoms with E-state index in [-0.39, 0.29) is 23.2 Å². The van der Waals surface area contributed by atoms with Gasteiger partial charge in [0.25, 0.3) is 11.6 Å². The van der Waals surface area contributed by atoms with E-state index in [4.69, 9.17) is 0 Å². The molecule has 0 radical (unpaired) electrons. The normalized spacial score (nSPS) is 10.3. The Bertz CT molecular complexity index is 885. The second kappa shape index (κ2) is 7.68. The Morgan fingerprint density at radius 2 is 1.81 bits per heavy atom. The molecule has 0 N–H and O–H groups in total. The Morgan fingerprint density at radius 1 is 1.15 bits per heavy atom. The highest BCUT2D eigenvalue weighted by Crippen LogP contribution is 2.20. The quantitative estimate of drug-likeness (QED) is 0.462. The smallest absolute Gasteiger partial charge is 0.338 e. The minimum Gasteiger partial charge on any atom is -0.465 e. The van der Waals surface area contributed by atoms with E-state index >= 15 is 0 Å². The van der Waals surface area contributed by atoms with Crippen molar-refractivity contribution < 1.29 is 28.0 Å². The van der Waals surface area contributed by atoms with E-state index in [1.807, 2.05) is 0 Å². The number of nitrogens with zero attached hydrogens (tertiary/aromatic N) is 2. The minimum absolute atomic E-state index is 0.0703. The van der Waals surface area contributed by atoms with Crippen molar-refractivity contribution in [2.45, 2.75) is 6.54 Å². The molecule has 0 aromatic heterocycles. The van der Waals surface area contributed by atoms with Crippen LogP contribution in [0.2, 0.25) is 0 Å². The number of non-ortho nitro benzene ring substituents is 1. The van der Waals surface area contributed by atoms with Gasteiger partial charge in [0.2, 0.25) is 0 Å². The van der Waals surface area contributed by atoms with Gasteiger partial charge in [0.1, 0.15) is 11.6 Å². The van der Waals surface area contributed by atoms with Gasteiger partial charge >= 0.3 is 5.97 Å². The Hall–Kier alpha value is -3.36. The van der Waals surface area contributed by atoms with Gasteiger partial charge in [0.05, 0.1) is 17.6 Å². The highest BCUT2D eigenvalue weighted by Gasteiger charge is 2.21. The molecule has 0 bridgehead atoms. The van der Waals surface area contributed by atoms with Crippen molar-refractivity contribution in [1.82, 2.24) is 4.90 Å². The van der Waals surface area contributed by atoms with Crippen LogP contribution < -0.4 is 0 Å². The van der Waals surface area contributed by atoms with Gasteiger partial charge in [-0.1, -0.05) is 6.07 Å². The maximum atomic E-state index is 13.7. The summed E-state index contributed by atoms with van der Waals surface area (Å²) in [6.07, 6.45) is 0. The predicted octanol–water partition coefficient (Wildman–Crippen LogP) is 2.93. The molecule has 2 aromatic carbocycles. The van der Waals surface area contributed by atoms with Gasteiger partial charge in [-0.25, -0.2) is 13.6 Å². The maximum Gasteiger partial charge on any atom is 0.338 e. The second-order valence-corrected chi connectivity index (χ2v) is 5.41. The monoisotopic (exact) mass is 364 g/mol. The van der Waals surface area contributed by atoms with Crippen LogP contribution >= 0.6 is 0 Å². The summed E-state index contributed by atoms with van der Waals surface area (Å²) in [6, 6.07) is 6.09. The standard InChI is InChI=1S/C17H14F2N2O5/c1-20(9-10-3-4-13(18)8-15(10)19)16(22)11-5-12(17(23)26-2)7-14(6-11)21(24)25/h3-8H,9H2,1-2H3. The third kappa shape index (κ3) is 4.18. The molecular formula is C17H14F2N2O5. The van der Waals surface area contributed by atoms with E-state index in [0.717, 1.165) is 36.3 Å². The first kappa shape index (κ1) is 19.0. The van der Waals surface area contributed by atoms with Crippen LogP contribution in [0, 0.1) is 21.7 Å². The molecule has 0 saturated carbocycles. The van der Waals surface area contributed by atoms with E-state index in [1.165, 1.54) is 13.1 Å². The lowest BCUT2D eigenvalue weighted by Crippen LogP contribution is -2.27. The van der Waals surface area contributed by atoms with Crippen molar-refractivity contribution in [3.05, 3.63) is 74.8 Å². The van der Waals surface area contributed by atoms with Crippen molar-refractivity contribution in [3.8, 4) is 0 Å². The van der Waals surface area contributed by atoms with E-state index in [1.54, 1.807) is 0 Å². The SMILES string of the molecule is COC(=O)c1cc(C(=O)N(C)Cc2ccc(F)cc2F)cc([N+](=O)[O-])c1. The van der Waals surface area contributed by atoms with Crippen LogP contribution in [-0.2, 0) is 11.3 Å². The molecule has 0 fully saturated rings. The number of hydrogen-bond acceptors (Lipinski definition) is 5. The van der Waals surface area contributed by atoms with Gasteiger partial charge in [0.15, 0.2) is 0 Å². The topological polar surface area (TPSA) is 89.8 Å². The van der Waals surface area contributed by atoms with Crippen LogP contribution in [0.3, 0.4) is 0 Å². The molecule has 136 valence electrons. The molecule has 0 aliphatic heterocycles. The number of hydrogen-bond donors (Lipinski definition) is 0. The number of carbonyl (C=O) groups is 2. The van der Waals surface area contributed by atoms with Crippen molar-refractivity contribution in [2.75, 3.05) is 14.2 Å². The molecule has 26 heavy (non-hydrogen) atoms. The molecule has 9 heteroatoms. The Balaban J connectivity index is 2.33. The molecule has 0 aliphatic rings. The van der Waals surface area contributed by atoms with Gasteiger partial charge < -0.3 is 9.64 Å². The highest BCUT2D eigenvalue weighted by molar-refractivity contribution is 5.98. The minimum atomic E-state index is -0.838. The average Bonchev–Trinajstić information content (AvgIpc) is 2.62. The Morgan fingerprint density at radius 3 is 2.38 bits per heavy atom. The Labute approximate surface area is 146 Å². The number of esters is 1. The van der Waals surface area contributed by atoms with Crippen LogP contribution in [0.25, 0.3) is 0 Å². The van der Waals surface area contributed by atoms with Crippen molar-refractivity contribution >= 4 is 17.6 Å². The fourth-order valence-corrected chi connectivity index (χ4v) is 2.27. The second-order valence-electron chi connectivity index (χ2n) is 5.41. The van der Waals surface area contributed by atoms with Gasteiger partial charge in [0, 0.05) is 42.9 Å². The molecule has 1 amide bonds. The number of amides is 1. The number of nitro benzene ring substituents is 1. The van der Waals surface area contributed by atoms with Crippen LogP contribution in [0.15, 0.2) is 36.4 Å². The number of benzene rings is 2. The summed E-state index contributed by atoms with van der Waals surface area (Å²) < 4.78 is 31.2. The van der Waals surface area contributed by atoms with Crippen molar-refractivity contribution in [3.63, 3.8) is 0 Å². The summed E-state index contributed by atoms with van der Waals surface area (Å²) in [6.45, 7) is -0.193. The zero-order valence-corrected chi connectivity index (χ0v) is 13.9. The first-order chi connectivity index (χ1) is 12.2. The molecule has 2 rings (SSSR count). The van der Waals surface area contributed by atoms with Crippen molar-refractivity contribution in [1.29, 1.82) is 0 Å². The van der Waals surface area contributed by atoms with E-state index < -0.39 is 34.1 Å². The predicted molar refractivity (Wildman–Crippen MR) is 86.6 cm³/mol. The number of halogens is 2. The van der Waals surface area contributed by atoms with E-state index in [0.29, 0.717) is 6.07 Å². The molecule has 0 unspecified atom stereocenters. The lowest BCUT2D eigenvalue weighted by atomic mass is 10.1. The number of methoxy groups -OCH3 is 1. The third-order valence-corrected chi connectivity index (χ3v) is 3.57. The first-order valence-electron chi connectivity index (χ1n) is 7.30. The lowest BCUT2D eigenvalue weighted by Gasteiger charge is -2.18. The summed E-state index contributed by atoms with van der Waals surface area (Å²) in [5.41, 5.74) is -0.686. The number of nitro groups is 1. The number of carbonyl (C=O) groups excluding carboxylic acids is 2. The van der Waals surface area contributed by atoms with Gasteiger partial charge in [-0.05, 0) is 12.1 Å². The summed E-state index contributed by atoms with van der Waals surface area (Å²) >= 11 is 0. The molecule has 0 saturated heterocycles. The molecule has 0 aliphatic carbocycles. The summed E-state index contributed by atoms with van der Waals surface area (Å²) in [5.74, 6) is -3.09. The Kier molecular flexibility index (Phi) is 5.61. The number of rotatable bonds is 5. The lowest BCUT2D eigenvalue weighted by molar-refractivity contribution is -0.384. The summed E-state index contributed by atoms with van der Waals surface area (Å²) in [7, 11) is 2.45. The van der Waals surface area contributed by atoms with Crippen LogP contribution in [0.5, 0.6) is 0 Å². The van der Waals surface area contributed by atoms with Gasteiger partial charge in [-0.3, -0.25) is 14.9 Å². The van der Waals surface area contributed by atoms with Gasteiger partial charge in [-0.2, -0.15) is 0 Å². The highest BCUT2D eigenvalue weighted by atomic mass is 19.1. The summed E-state index contributed by atoms with van der Waals surface area (Å²) in [4.78, 5) is 35.5. The van der Waals surface area contributed by atoms with Crippen LogP contribution in [0.1, 0.15) is 26.3 Å². The molecule has 0 atom stereocenters. The van der Waals surface area contributed by atoms with Gasteiger partial charge in [-0.15, -0.1) is 0 Å². The molecule has 0 heterocycles. The molecule has 2 aromatic rings. The average molecular weight is 364 g/mol. The zero-order valence-electron chi connectivity index (χ0n) is 13.9. The van der Waals surface area contributed by atoms with E-state index in [9.17, 15) is 28.5 Å². The van der Waals surface area contributed by atoms with Crippen molar-refractivity contribution in [2.24, 2.45) is 0 Å². The number of ether oxygens (including phenoxy) is 1. The molecule has 0 spiro atoms. The zero-order chi connectivity index (χ0) is 19.4. The third-order valence-electron chi connectivity index (χ3n) is 3.57. The van der Waals surface area contributed by atoms with Crippen LogP contribution in [-0.4, -0.2) is 35.9 Å².